The average molecular weight is 282 g/mol. The minimum Gasteiger partial charge on any atom is -0.478 e. The molecule has 0 fully saturated rings. The summed E-state index contributed by atoms with van der Waals surface area (Å²) in [4.78, 5) is 10.5. The molecule has 0 unspecified atom stereocenters. The molecule has 3 heteroatoms. The van der Waals surface area contributed by atoms with Crippen molar-refractivity contribution < 1.29 is 14.6 Å². The first-order valence-corrected chi connectivity index (χ1v) is 6.73. The SMILES string of the molecule is Cc1ccc(C)c(Oc2ccc(/C=C/C(=O)O)cc2)c1C. The van der Waals surface area contributed by atoms with Crippen LogP contribution in [0.1, 0.15) is 22.3 Å². The van der Waals surface area contributed by atoms with E-state index in [4.69, 9.17) is 9.84 Å². The zero-order valence-electron chi connectivity index (χ0n) is 12.4. The maximum atomic E-state index is 10.5. The molecule has 0 bridgehead atoms. The van der Waals surface area contributed by atoms with E-state index in [2.05, 4.69) is 13.0 Å². The molecule has 0 aliphatic rings. The summed E-state index contributed by atoms with van der Waals surface area (Å²) in [5.41, 5.74) is 4.23. The standard InChI is InChI=1S/C18H18O3/c1-12-4-5-13(2)18(14(12)3)21-16-9-6-15(7-10-16)8-11-17(19)20/h4-11H,1-3H3,(H,19,20)/b11-8+. The number of aryl methyl sites for hydroxylation is 2. The van der Waals surface area contributed by atoms with Gasteiger partial charge in [0.25, 0.3) is 0 Å². The van der Waals surface area contributed by atoms with Crippen LogP contribution in [0.15, 0.2) is 42.5 Å². The lowest BCUT2D eigenvalue weighted by molar-refractivity contribution is -0.131. The van der Waals surface area contributed by atoms with E-state index in [1.54, 1.807) is 6.08 Å². The predicted molar refractivity (Wildman–Crippen MR) is 83.8 cm³/mol. The third-order valence-corrected chi connectivity index (χ3v) is 3.39. The van der Waals surface area contributed by atoms with Gasteiger partial charge in [-0.25, -0.2) is 4.79 Å². The minimum absolute atomic E-state index is 0.735. The van der Waals surface area contributed by atoms with Crippen molar-refractivity contribution >= 4 is 12.0 Å². The van der Waals surface area contributed by atoms with Crippen molar-refractivity contribution in [2.75, 3.05) is 0 Å². The van der Waals surface area contributed by atoms with Gasteiger partial charge in [0.05, 0.1) is 0 Å². The van der Waals surface area contributed by atoms with Gasteiger partial charge in [-0.15, -0.1) is 0 Å². The molecule has 0 heterocycles. The van der Waals surface area contributed by atoms with Gasteiger partial charge in [-0.3, -0.25) is 0 Å². The molecule has 2 rings (SSSR count). The molecule has 2 aromatic carbocycles. The Morgan fingerprint density at radius 1 is 1.00 bits per heavy atom. The second kappa shape index (κ2) is 6.27. The Kier molecular flexibility index (Phi) is 4.43. The molecule has 0 amide bonds. The highest BCUT2D eigenvalue weighted by atomic mass is 16.5. The third-order valence-electron chi connectivity index (χ3n) is 3.39. The second-order valence-electron chi connectivity index (χ2n) is 5.00. The fourth-order valence-corrected chi connectivity index (χ4v) is 2.01. The molecule has 0 saturated carbocycles. The first kappa shape index (κ1) is 14.9. The van der Waals surface area contributed by atoms with Crippen LogP contribution in [0.2, 0.25) is 0 Å². The molecular formula is C18H18O3. The number of ether oxygens (including phenoxy) is 1. The molecular weight excluding hydrogens is 264 g/mol. The number of carbonyl (C=O) groups is 1. The number of benzene rings is 2. The molecule has 0 atom stereocenters. The summed E-state index contributed by atoms with van der Waals surface area (Å²) in [6.07, 6.45) is 2.67. The number of carboxylic acid groups (broad SMARTS) is 1. The van der Waals surface area contributed by atoms with Gasteiger partial charge in [-0.05, 0) is 61.2 Å². The van der Waals surface area contributed by atoms with Crippen LogP contribution < -0.4 is 4.74 Å². The Labute approximate surface area is 124 Å². The first-order valence-electron chi connectivity index (χ1n) is 6.73. The van der Waals surface area contributed by atoms with Crippen molar-refractivity contribution in [3.63, 3.8) is 0 Å². The largest absolute Gasteiger partial charge is 0.478 e. The fourth-order valence-electron chi connectivity index (χ4n) is 2.01. The van der Waals surface area contributed by atoms with Crippen molar-refractivity contribution in [1.82, 2.24) is 0 Å². The summed E-state index contributed by atoms with van der Waals surface area (Å²) >= 11 is 0. The lowest BCUT2D eigenvalue weighted by Gasteiger charge is -2.13. The minimum atomic E-state index is -0.957. The molecule has 3 nitrogen and oxygen atoms in total. The van der Waals surface area contributed by atoms with Gasteiger partial charge in [-0.1, -0.05) is 24.3 Å². The summed E-state index contributed by atoms with van der Waals surface area (Å²) in [5, 5.41) is 8.60. The summed E-state index contributed by atoms with van der Waals surface area (Å²) in [6, 6.07) is 11.5. The molecule has 0 aromatic heterocycles. The smallest absolute Gasteiger partial charge is 0.328 e. The molecule has 0 spiro atoms. The number of rotatable bonds is 4. The summed E-state index contributed by atoms with van der Waals surface area (Å²) in [6.45, 7) is 6.12. The highest BCUT2D eigenvalue weighted by Crippen LogP contribution is 2.30. The number of hydrogen-bond donors (Lipinski definition) is 1. The fraction of sp³-hybridized carbons (Fsp3) is 0.167. The van der Waals surface area contributed by atoms with Crippen molar-refractivity contribution in [2.24, 2.45) is 0 Å². The van der Waals surface area contributed by atoms with E-state index < -0.39 is 5.97 Å². The van der Waals surface area contributed by atoms with Crippen LogP contribution in [0.25, 0.3) is 6.08 Å². The first-order chi connectivity index (χ1) is 9.97. The Hall–Kier alpha value is -2.55. The highest BCUT2D eigenvalue weighted by molar-refractivity contribution is 5.85. The van der Waals surface area contributed by atoms with Crippen molar-refractivity contribution in [3.05, 3.63) is 64.7 Å². The zero-order valence-corrected chi connectivity index (χ0v) is 12.4. The van der Waals surface area contributed by atoms with E-state index in [0.29, 0.717) is 0 Å². The van der Waals surface area contributed by atoms with Gasteiger partial charge in [0.2, 0.25) is 0 Å². The predicted octanol–water partition coefficient (Wildman–Crippen LogP) is 4.50. The number of hydrogen-bond acceptors (Lipinski definition) is 2. The van der Waals surface area contributed by atoms with Crippen LogP contribution >= 0.6 is 0 Å². The number of carboxylic acids is 1. The van der Waals surface area contributed by atoms with Crippen LogP contribution in [0.3, 0.4) is 0 Å². The van der Waals surface area contributed by atoms with Crippen molar-refractivity contribution in [2.45, 2.75) is 20.8 Å². The zero-order chi connectivity index (χ0) is 15.4. The monoisotopic (exact) mass is 282 g/mol. The van der Waals surface area contributed by atoms with Crippen LogP contribution in [-0.2, 0) is 4.79 Å². The van der Waals surface area contributed by atoms with Crippen molar-refractivity contribution in [3.8, 4) is 11.5 Å². The maximum Gasteiger partial charge on any atom is 0.328 e. The third kappa shape index (κ3) is 3.72. The Morgan fingerprint density at radius 2 is 1.62 bits per heavy atom. The van der Waals surface area contributed by atoms with Crippen LogP contribution in [0.5, 0.6) is 11.5 Å². The summed E-state index contributed by atoms with van der Waals surface area (Å²) in [5.74, 6) is 0.657. The van der Waals surface area contributed by atoms with Gasteiger partial charge in [0.1, 0.15) is 11.5 Å². The second-order valence-corrected chi connectivity index (χ2v) is 5.00. The lowest BCUT2D eigenvalue weighted by atomic mass is 10.1. The Morgan fingerprint density at radius 3 is 2.24 bits per heavy atom. The van der Waals surface area contributed by atoms with E-state index in [-0.39, 0.29) is 0 Å². The lowest BCUT2D eigenvalue weighted by Crippen LogP contribution is -1.93. The highest BCUT2D eigenvalue weighted by Gasteiger charge is 2.07. The normalized spacial score (nSPS) is 10.8. The molecule has 0 saturated heterocycles. The molecule has 21 heavy (non-hydrogen) atoms. The maximum absolute atomic E-state index is 10.5. The van der Waals surface area contributed by atoms with E-state index >= 15 is 0 Å². The summed E-state index contributed by atoms with van der Waals surface area (Å²) in [7, 11) is 0. The quantitative estimate of drug-likeness (QED) is 0.840. The number of aliphatic carboxylic acids is 1. The molecule has 108 valence electrons. The topological polar surface area (TPSA) is 46.5 Å². The Balaban J connectivity index is 2.21. The van der Waals surface area contributed by atoms with Gasteiger partial charge in [0, 0.05) is 6.08 Å². The van der Waals surface area contributed by atoms with Gasteiger partial charge >= 0.3 is 5.97 Å². The van der Waals surface area contributed by atoms with E-state index in [1.807, 2.05) is 44.2 Å². The molecule has 0 aliphatic carbocycles. The molecule has 0 radical (unpaired) electrons. The van der Waals surface area contributed by atoms with Crippen molar-refractivity contribution in [1.29, 1.82) is 0 Å². The Bertz CT molecular complexity index is 682. The van der Waals surface area contributed by atoms with Crippen LogP contribution in [-0.4, -0.2) is 11.1 Å². The molecule has 1 N–H and O–H groups in total. The van der Waals surface area contributed by atoms with Gasteiger partial charge < -0.3 is 9.84 Å². The van der Waals surface area contributed by atoms with Gasteiger partial charge in [0.15, 0.2) is 0 Å². The van der Waals surface area contributed by atoms with E-state index in [9.17, 15) is 4.79 Å². The van der Waals surface area contributed by atoms with Crippen LogP contribution in [0.4, 0.5) is 0 Å². The van der Waals surface area contributed by atoms with Crippen LogP contribution in [0, 0.1) is 20.8 Å². The van der Waals surface area contributed by atoms with Gasteiger partial charge in [-0.2, -0.15) is 0 Å². The molecule has 2 aromatic rings. The average Bonchev–Trinajstić information content (AvgIpc) is 2.47. The molecule has 0 aliphatic heterocycles. The van der Waals surface area contributed by atoms with E-state index in [1.165, 1.54) is 5.56 Å². The summed E-state index contributed by atoms with van der Waals surface area (Å²) < 4.78 is 5.96. The van der Waals surface area contributed by atoms with E-state index in [0.717, 1.165) is 34.3 Å².